The summed E-state index contributed by atoms with van der Waals surface area (Å²) in [5.74, 6) is -0.220. The molecule has 2 unspecified atom stereocenters. The second-order valence-electron chi connectivity index (χ2n) is 5.24. The number of hydrogen-bond donors (Lipinski definition) is 3. The zero-order valence-electron chi connectivity index (χ0n) is 11.7. The van der Waals surface area contributed by atoms with E-state index in [1.54, 1.807) is 6.07 Å². The molecule has 0 spiro atoms. The van der Waals surface area contributed by atoms with Crippen LogP contribution in [0.4, 0.5) is 5.69 Å². The predicted molar refractivity (Wildman–Crippen MR) is 77.5 cm³/mol. The molecule has 0 saturated carbocycles. The molecule has 1 aliphatic heterocycles. The summed E-state index contributed by atoms with van der Waals surface area (Å²) < 4.78 is 0. The van der Waals surface area contributed by atoms with Crippen LogP contribution in [0.2, 0.25) is 0 Å². The van der Waals surface area contributed by atoms with Crippen molar-refractivity contribution in [2.45, 2.75) is 32.0 Å². The van der Waals surface area contributed by atoms with Crippen LogP contribution in [0.3, 0.4) is 0 Å². The maximum Gasteiger partial charge on any atom is 0.216 e. The predicted octanol–water partition coefficient (Wildman–Crippen LogP) is 0.817. The highest BCUT2D eigenvalue weighted by molar-refractivity contribution is 5.72. The van der Waals surface area contributed by atoms with Crippen molar-refractivity contribution in [2.24, 2.45) is 0 Å². The van der Waals surface area contributed by atoms with Gasteiger partial charge in [-0.05, 0) is 30.5 Å². The van der Waals surface area contributed by atoms with Crippen LogP contribution in [-0.2, 0) is 4.79 Å². The number of carbonyl (C=O) groups is 1. The summed E-state index contributed by atoms with van der Waals surface area (Å²) in [6, 6.07) is 7.60. The summed E-state index contributed by atoms with van der Waals surface area (Å²) in [5, 5.41) is 22.6. The number of amides is 1. The number of benzene rings is 1. The van der Waals surface area contributed by atoms with Crippen molar-refractivity contribution in [3.05, 3.63) is 29.8 Å². The Morgan fingerprint density at radius 1 is 1.35 bits per heavy atom. The lowest BCUT2D eigenvalue weighted by molar-refractivity contribution is -0.119. The van der Waals surface area contributed by atoms with E-state index in [1.165, 1.54) is 19.8 Å². The molecule has 0 radical (unpaired) electrons. The summed E-state index contributed by atoms with van der Waals surface area (Å²) in [5.41, 5.74) is 1.75. The van der Waals surface area contributed by atoms with E-state index in [9.17, 15) is 15.0 Å². The molecule has 1 aliphatic rings. The van der Waals surface area contributed by atoms with Crippen LogP contribution in [0, 0.1) is 0 Å². The Kier molecular flexibility index (Phi) is 4.98. The van der Waals surface area contributed by atoms with Crippen LogP contribution in [0.5, 0.6) is 0 Å². The van der Waals surface area contributed by atoms with Gasteiger partial charge in [0.15, 0.2) is 0 Å². The summed E-state index contributed by atoms with van der Waals surface area (Å²) in [6.45, 7) is 3.50. The van der Waals surface area contributed by atoms with Gasteiger partial charge in [-0.15, -0.1) is 0 Å². The maximum absolute atomic E-state index is 10.8. The average Bonchev–Trinajstić information content (AvgIpc) is 2.98. The Labute approximate surface area is 119 Å². The van der Waals surface area contributed by atoms with Gasteiger partial charge in [0.2, 0.25) is 5.91 Å². The molecule has 1 amide bonds. The molecule has 3 N–H and O–H groups in total. The molecule has 0 bridgehead atoms. The minimum atomic E-state index is -1.01. The van der Waals surface area contributed by atoms with Gasteiger partial charge in [-0.25, -0.2) is 0 Å². The molecule has 110 valence electrons. The van der Waals surface area contributed by atoms with Crippen molar-refractivity contribution in [3.63, 3.8) is 0 Å². The van der Waals surface area contributed by atoms with Crippen molar-refractivity contribution in [1.82, 2.24) is 5.32 Å². The third kappa shape index (κ3) is 3.71. The van der Waals surface area contributed by atoms with E-state index in [0.29, 0.717) is 5.56 Å². The van der Waals surface area contributed by atoms with Crippen LogP contribution >= 0.6 is 0 Å². The molecule has 0 aliphatic carbocycles. The fourth-order valence-corrected chi connectivity index (χ4v) is 2.46. The lowest BCUT2D eigenvalue weighted by atomic mass is 10.0. The third-order valence-corrected chi connectivity index (χ3v) is 3.61. The Balaban J connectivity index is 2.03. The van der Waals surface area contributed by atoms with Gasteiger partial charge in [0.25, 0.3) is 0 Å². The summed E-state index contributed by atoms with van der Waals surface area (Å²) in [4.78, 5) is 13.1. The Hall–Kier alpha value is -1.59. The zero-order chi connectivity index (χ0) is 14.5. The minimum Gasteiger partial charge on any atom is -0.388 e. The minimum absolute atomic E-state index is 0.0461. The zero-order valence-corrected chi connectivity index (χ0v) is 11.7. The lowest BCUT2D eigenvalue weighted by Crippen LogP contribution is -2.34. The van der Waals surface area contributed by atoms with Gasteiger partial charge in [0.05, 0.1) is 0 Å². The molecule has 5 nitrogen and oxygen atoms in total. The highest BCUT2D eigenvalue weighted by Gasteiger charge is 2.20. The second kappa shape index (κ2) is 6.72. The maximum atomic E-state index is 10.8. The average molecular weight is 278 g/mol. The number of hydrogen-bond acceptors (Lipinski definition) is 4. The molecule has 2 rings (SSSR count). The van der Waals surface area contributed by atoms with Crippen molar-refractivity contribution in [1.29, 1.82) is 0 Å². The van der Waals surface area contributed by atoms with Crippen LogP contribution in [0.25, 0.3) is 0 Å². The lowest BCUT2D eigenvalue weighted by Gasteiger charge is -2.22. The largest absolute Gasteiger partial charge is 0.388 e. The number of aliphatic hydroxyl groups is 2. The van der Waals surface area contributed by atoms with Gasteiger partial charge >= 0.3 is 0 Å². The monoisotopic (exact) mass is 278 g/mol. The quantitative estimate of drug-likeness (QED) is 0.745. The SMILES string of the molecule is CC(=O)NCC(O)C(O)c1cccc(N2CCCC2)c1. The van der Waals surface area contributed by atoms with Crippen molar-refractivity contribution in [2.75, 3.05) is 24.5 Å². The first-order valence-electron chi connectivity index (χ1n) is 7.03. The van der Waals surface area contributed by atoms with E-state index in [1.807, 2.05) is 18.2 Å². The van der Waals surface area contributed by atoms with Crippen LogP contribution in [0.15, 0.2) is 24.3 Å². The van der Waals surface area contributed by atoms with Gasteiger partial charge in [-0.2, -0.15) is 0 Å². The van der Waals surface area contributed by atoms with Crippen molar-refractivity contribution in [3.8, 4) is 0 Å². The van der Waals surface area contributed by atoms with Gasteiger partial charge < -0.3 is 20.4 Å². The van der Waals surface area contributed by atoms with E-state index in [-0.39, 0.29) is 12.5 Å². The molecular formula is C15H22N2O3. The van der Waals surface area contributed by atoms with E-state index in [2.05, 4.69) is 10.2 Å². The molecule has 20 heavy (non-hydrogen) atoms. The highest BCUT2D eigenvalue weighted by Crippen LogP contribution is 2.25. The first kappa shape index (κ1) is 14.8. The molecule has 1 aromatic carbocycles. The van der Waals surface area contributed by atoms with E-state index in [4.69, 9.17) is 0 Å². The molecule has 2 atom stereocenters. The van der Waals surface area contributed by atoms with Gasteiger partial charge in [-0.3, -0.25) is 4.79 Å². The van der Waals surface area contributed by atoms with Gasteiger partial charge in [0, 0.05) is 32.2 Å². The fourth-order valence-electron chi connectivity index (χ4n) is 2.46. The van der Waals surface area contributed by atoms with Crippen molar-refractivity contribution >= 4 is 11.6 Å². The Morgan fingerprint density at radius 2 is 2.05 bits per heavy atom. The number of nitrogens with zero attached hydrogens (tertiary/aromatic N) is 1. The summed E-state index contributed by atoms with van der Waals surface area (Å²) in [6.07, 6.45) is 0.382. The van der Waals surface area contributed by atoms with Crippen LogP contribution in [0.1, 0.15) is 31.4 Å². The molecular weight excluding hydrogens is 256 g/mol. The smallest absolute Gasteiger partial charge is 0.216 e. The summed E-state index contributed by atoms with van der Waals surface area (Å²) in [7, 11) is 0. The Morgan fingerprint density at radius 3 is 2.70 bits per heavy atom. The van der Waals surface area contributed by atoms with Crippen molar-refractivity contribution < 1.29 is 15.0 Å². The number of aliphatic hydroxyl groups excluding tert-OH is 2. The highest BCUT2D eigenvalue weighted by atomic mass is 16.3. The first-order valence-corrected chi connectivity index (χ1v) is 7.03. The number of anilines is 1. The van der Waals surface area contributed by atoms with Crippen LogP contribution in [-0.4, -0.2) is 41.9 Å². The van der Waals surface area contributed by atoms with E-state index in [0.717, 1.165) is 18.8 Å². The second-order valence-corrected chi connectivity index (χ2v) is 5.24. The molecule has 1 heterocycles. The topological polar surface area (TPSA) is 72.8 Å². The summed E-state index contributed by atoms with van der Waals surface area (Å²) >= 11 is 0. The number of carbonyl (C=O) groups excluding carboxylic acids is 1. The van der Waals surface area contributed by atoms with Gasteiger partial charge in [-0.1, -0.05) is 12.1 Å². The van der Waals surface area contributed by atoms with Crippen LogP contribution < -0.4 is 10.2 Å². The van der Waals surface area contributed by atoms with E-state index >= 15 is 0 Å². The number of nitrogens with one attached hydrogen (secondary N) is 1. The van der Waals surface area contributed by atoms with Gasteiger partial charge in [0.1, 0.15) is 12.2 Å². The third-order valence-electron chi connectivity index (χ3n) is 3.61. The molecule has 1 fully saturated rings. The first-order chi connectivity index (χ1) is 9.58. The molecule has 1 aromatic rings. The van der Waals surface area contributed by atoms with E-state index < -0.39 is 12.2 Å². The molecule has 5 heteroatoms. The normalized spacial score (nSPS) is 17.9. The fraction of sp³-hybridized carbons (Fsp3) is 0.533. The number of rotatable bonds is 5. The molecule has 1 saturated heterocycles. The molecule has 0 aromatic heterocycles. The Bertz CT molecular complexity index is 458. The standard InChI is InChI=1S/C15H22N2O3/c1-11(18)16-10-14(19)15(20)12-5-4-6-13(9-12)17-7-2-3-8-17/h4-6,9,14-15,19-20H,2-3,7-8,10H2,1H3,(H,16,18).